The van der Waals surface area contributed by atoms with Crippen molar-refractivity contribution in [3.8, 4) is 11.4 Å². The number of para-hydroxylation sites is 1. The van der Waals surface area contributed by atoms with Crippen LogP contribution in [0.1, 0.15) is 5.82 Å². The van der Waals surface area contributed by atoms with Gasteiger partial charge in [0.05, 0.1) is 25.3 Å². The van der Waals surface area contributed by atoms with Gasteiger partial charge in [0.15, 0.2) is 11.6 Å². The molecule has 0 atom stereocenters. The van der Waals surface area contributed by atoms with Gasteiger partial charge in [-0.3, -0.25) is 14.2 Å². The molecule has 0 saturated carbocycles. The number of ether oxygens (including phenoxy) is 1. The van der Waals surface area contributed by atoms with Crippen molar-refractivity contribution in [1.82, 2.24) is 9.55 Å². The number of primary amides is 1. The van der Waals surface area contributed by atoms with E-state index in [4.69, 9.17) is 10.5 Å². The number of nitrogens with zero attached hydrogens (tertiary/aromatic N) is 3. The fourth-order valence-electron chi connectivity index (χ4n) is 2.69. The van der Waals surface area contributed by atoms with Crippen LogP contribution in [0.5, 0.6) is 5.75 Å². The van der Waals surface area contributed by atoms with Crippen LogP contribution < -0.4 is 16.2 Å². The molecule has 132 valence electrons. The summed E-state index contributed by atoms with van der Waals surface area (Å²) in [6, 6.07) is 5.05. The lowest BCUT2D eigenvalue weighted by Gasteiger charge is -2.28. The Morgan fingerprint density at radius 2 is 2.08 bits per heavy atom. The van der Waals surface area contributed by atoms with E-state index in [0.717, 1.165) is 10.6 Å². The number of phenolic OH excluding ortho intramolecular Hbond substituents is 1. The molecule has 1 fully saturated rings. The van der Waals surface area contributed by atoms with Crippen molar-refractivity contribution < 1.29 is 19.0 Å². The van der Waals surface area contributed by atoms with E-state index in [1.54, 1.807) is 0 Å². The highest BCUT2D eigenvalue weighted by Gasteiger charge is 2.20. The van der Waals surface area contributed by atoms with Gasteiger partial charge in [-0.2, -0.15) is 0 Å². The van der Waals surface area contributed by atoms with Crippen molar-refractivity contribution in [2.75, 3.05) is 31.2 Å². The van der Waals surface area contributed by atoms with Crippen molar-refractivity contribution in [1.29, 1.82) is 0 Å². The molecule has 0 unspecified atom stereocenters. The van der Waals surface area contributed by atoms with Crippen LogP contribution in [0, 0.1) is 5.82 Å². The Hall–Kier alpha value is -2.94. The van der Waals surface area contributed by atoms with E-state index >= 15 is 0 Å². The molecule has 0 radical (unpaired) electrons. The van der Waals surface area contributed by atoms with Crippen LogP contribution in [0.3, 0.4) is 0 Å². The van der Waals surface area contributed by atoms with Gasteiger partial charge in [-0.1, -0.05) is 6.07 Å². The summed E-state index contributed by atoms with van der Waals surface area (Å²) in [5, 5.41) is 9.95. The number of hydrogen-bond acceptors (Lipinski definition) is 6. The molecular weight excluding hydrogens is 331 g/mol. The van der Waals surface area contributed by atoms with E-state index in [2.05, 4.69) is 4.98 Å². The standard InChI is InChI=1S/C16H17FN4O4/c17-10-2-1-3-11(16(10)24)21-14(8-12(18)22)19-13(9-15(21)23)20-4-6-25-7-5-20/h1-3,9,24H,4-8H2,(H2,18,22). The molecule has 0 spiro atoms. The number of amides is 1. The number of morpholine rings is 1. The summed E-state index contributed by atoms with van der Waals surface area (Å²) in [5.41, 5.74) is 4.61. The largest absolute Gasteiger partial charge is 0.503 e. The molecule has 9 heteroatoms. The number of hydrogen-bond donors (Lipinski definition) is 2. The third kappa shape index (κ3) is 3.45. The molecule has 25 heavy (non-hydrogen) atoms. The minimum Gasteiger partial charge on any atom is -0.503 e. The Labute approximate surface area is 142 Å². The molecule has 1 aromatic carbocycles. The minimum atomic E-state index is -0.883. The highest BCUT2D eigenvalue weighted by molar-refractivity contribution is 5.76. The molecule has 1 saturated heterocycles. The first-order chi connectivity index (χ1) is 12.0. The third-order valence-corrected chi connectivity index (χ3v) is 3.85. The van der Waals surface area contributed by atoms with E-state index in [1.807, 2.05) is 4.90 Å². The summed E-state index contributed by atoms with van der Waals surface area (Å²) >= 11 is 0. The van der Waals surface area contributed by atoms with Gasteiger partial charge >= 0.3 is 0 Å². The van der Waals surface area contributed by atoms with Crippen LogP contribution in [0.4, 0.5) is 10.2 Å². The second-order valence-corrected chi connectivity index (χ2v) is 5.55. The number of aromatic nitrogens is 2. The maximum atomic E-state index is 13.7. The number of carbonyl (C=O) groups is 1. The highest BCUT2D eigenvalue weighted by Crippen LogP contribution is 2.25. The highest BCUT2D eigenvalue weighted by atomic mass is 19.1. The van der Waals surface area contributed by atoms with E-state index in [0.29, 0.717) is 32.1 Å². The Kier molecular flexibility index (Phi) is 4.66. The Morgan fingerprint density at radius 3 is 2.76 bits per heavy atom. The average Bonchev–Trinajstić information content (AvgIpc) is 2.58. The van der Waals surface area contributed by atoms with Gasteiger partial charge < -0.3 is 20.5 Å². The zero-order valence-electron chi connectivity index (χ0n) is 13.3. The Morgan fingerprint density at radius 1 is 1.36 bits per heavy atom. The SMILES string of the molecule is NC(=O)Cc1nc(N2CCOCC2)cc(=O)n1-c1cccc(F)c1O. The first-order valence-electron chi connectivity index (χ1n) is 7.69. The maximum absolute atomic E-state index is 13.7. The first-order valence-corrected chi connectivity index (χ1v) is 7.69. The maximum Gasteiger partial charge on any atom is 0.260 e. The van der Waals surface area contributed by atoms with Gasteiger partial charge in [0.1, 0.15) is 11.6 Å². The van der Waals surface area contributed by atoms with Crippen molar-refractivity contribution >= 4 is 11.7 Å². The molecule has 1 aliphatic rings. The monoisotopic (exact) mass is 348 g/mol. The number of aromatic hydroxyl groups is 1. The number of benzene rings is 1. The van der Waals surface area contributed by atoms with Crippen molar-refractivity contribution in [3.05, 3.63) is 46.3 Å². The topological polar surface area (TPSA) is 111 Å². The zero-order valence-corrected chi connectivity index (χ0v) is 13.3. The van der Waals surface area contributed by atoms with Gasteiger partial charge in [-0.25, -0.2) is 9.37 Å². The second-order valence-electron chi connectivity index (χ2n) is 5.55. The molecule has 0 bridgehead atoms. The average molecular weight is 348 g/mol. The molecule has 3 N–H and O–H groups in total. The normalized spacial score (nSPS) is 14.5. The third-order valence-electron chi connectivity index (χ3n) is 3.85. The van der Waals surface area contributed by atoms with Crippen molar-refractivity contribution in [3.63, 3.8) is 0 Å². The Bertz CT molecular complexity index is 862. The van der Waals surface area contributed by atoms with Crippen LogP contribution >= 0.6 is 0 Å². The molecule has 2 aromatic rings. The van der Waals surface area contributed by atoms with E-state index in [-0.39, 0.29) is 17.9 Å². The van der Waals surface area contributed by atoms with Gasteiger partial charge in [0.2, 0.25) is 5.91 Å². The predicted octanol–water partition coefficient (Wildman–Crippen LogP) is -0.0584. The summed E-state index contributed by atoms with van der Waals surface area (Å²) in [7, 11) is 0. The van der Waals surface area contributed by atoms with E-state index < -0.39 is 23.0 Å². The van der Waals surface area contributed by atoms with Gasteiger partial charge in [0.25, 0.3) is 5.56 Å². The molecule has 1 aromatic heterocycles. The lowest BCUT2D eigenvalue weighted by Crippen LogP contribution is -2.38. The molecule has 8 nitrogen and oxygen atoms in total. The lowest BCUT2D eigenvalue weighted by molar-refractivity contribution is -0.117. The van der Waals surface area contributed by atoms with Gasteiger partial charge in [-0.05, 0) is 12.1 Å². The van der Waals surface area contributed by atoms with Gasteiger partial charge in [-0.15, -0.1) is 0 Å². The summed E-state index contributed by atoms with van der Waals surface area (Å²) in [4.78, 5) is 30.2. The smallest absolute Gasteiger partial charge is 0.260 e. The van der Waals surface area contributed by atoms with Crippen LogP contribution in [-0.4, -0.2) is 46.9 Å². The van der Waals surface area contributed by atoms with E-state index in [9.17, 15) is 19.1 Å². The van der Waals surface area contributed by atoms with Crippen LogP contribution in [-0.2, 0) is 16.0 Å². The van der Waals surface area contributed by atoms with Crippen molar-refractivity contribution in [2.24, 2.45) is 5.73 Å². The summed E-state index contributed by atoms with van der Waals surface area (Å²) in [6.45, 7) is 2.11. The Balaban J connectivity index is 2.15. The second kappa shape index (κ2) is 6.89. The number of nitrogens with two attached hydrogens (primary N) is 1. The fourth-order valence-corrected chi connectivity index (χ4v) is 2.69. The summed E-state index contributed by atoms with van der Waals surface area (Å²) < 4.78 is 19.9. The van der Waals surface area contributed by atoms with Crippen LogP contribution in [0.2, 0.25) is 0 Å². The number of phenols is 1. The van der Waals surface area contributed by atoms with Gasteiger partial charge in [0, 0.05) is 19.2 Å². The van der Waals surface area contributed by atoms with Crippen LogP contribution in [0.25, 0.3) is 5.69 Å². The summed E-state index contributed by atoms with van der Waals surface area (Å²) in [5.74, 6) is -1.86. The number of halogens is 1. The zero-order chi connectivity index (χ0) is 18.0. The molecular formula is C16H17FN4O4. The fraction of sp³-hybridized carbons (Fsp3) is 0.312. The lowest BCUT2D eigenvalue weighted by atomic mass is 10.2. The molecule has 1 aliphatic heterocycles. The van der Waals surface area contributed by atoms with Crippen LogP contribution in [0.15, 0.2) is 29.1 Å². The number of rotatable bonds is 4. The number of carbonyl (C=O) groups excluding carboxylic acids is 1. The molecule has 2 heterocycles. The molecule has 1 amide bonds. The number of anilines is 1. The molecule has 0 aliphatic carbocycles. The quantitative estimate of drug-likeness (QED) is 0.801. The molecule has 3 rings (SSSR count). The van der Waals surface area contributed by atoms with Crippen molar-refractivity contribution in [2.45, 2.75) is 6.42 Å². The van der Waals surface area contributed by atoms with E-state index in [1.165, 1.54) is 18.2 Å². The first kappa shape index (κ1) is 16.9. The minimum absolute atomic E-state index is 0.0300. The predicted molar refractivity (Wildman–Crippen MR) is 87.4 cm³/mol. The summed E-state index contributed by atoms with van der Waals surface area (Å²) in [6.07, 6.45) is -0.330.